The first kappa shape index (κ1) is 16.3. The van der Waals surface area contributed by atoms with Crippen LogP contribution in [0.15, 0.2) is 36.4 Å². The van der Waals surface area contributed by atoms with Crippen molar-refractivity contribution in [3.8, 4) is 5.75 Å². The van der Waals surface area contributed by atoms with E-state index in [1.807, 2.05) is 13.1 Å². The Morgan fingerprint density at radius 2 is 2.04 bits per heavy atom. The number of likely N-dealkylation sites (N-methyl/N-ethyl adjacent to an activating group) is 1. The first-order valence-corrected chi connectivity index (χ1v) is 8.59. The first-order valence-electron chi connectivity index (χ1n) is 8.59. The van der Waals surface area contributed by atoms with E-state index < -0.39 is 0 Å². The SMILES string of the molecule is CNCC1Oc2ccc(F)cc2C1N1CC(C)(C)c2cccc(F)c21. The largest absolute Gasteiger partial charge is 0.486 e. The van der Waals surface area contributed by atoms with Gasteiger partial charge in [0, 0.05) is 24.1 Å². The van der Waals surface area contributed by atoms with Crippen LogP contribution in [0, 0.1) is 11.6 Å². The Morgan fingerprint density at radius 1 is 1.24 bits per heavy atom. The summed E-state index contributed by atoms with van der Waals surface area (Å²) in [6, 6.07) is 9.58. The molecule has 0 radical (unpaired) electrons. The molecule has 0 fully saturated rings. The molecule has 5 heteroatoms. The highest BCUT2D eigenvalue weighted by molar-refractivity contribution is 5.65. The molecule has 132 valence electrons. The monoisotopic (exact) mass is 344 g/mol. The van der Waals surface area contributed by atoms with Gasteiger partial charge in [-0.2, -0.15) is 0 Å². The molecule has 0 aliphatic carbocycles. The Hall–Kier alpha value is -2.14. The molecule has 2 heterocycles. The number of para-hydroxylation sites is 1. The molecule has 2 unspecified atom stereocenters. The van der Waals surface area contributed by atoms with Crippen molar-refractivity contribution >= 4 is 5.69 Å². The van der Waals surface area contributed by atoms with Crippen LogP contribution < -0.4 is 15.0 Å². The van der Waals surface area contributed by atoms with Crippen LogP contribution in [-0.4, -0.2) is 26.2 Å². The highest BCUT2D eigenvalue weighted by Crippen LogP contribution is 2.50. The lowest BCUT2D eigenvalue weighted by atomic mass is 9.87. The molecule has 0 saturated carbocycles. The van der Waals surface area contributed by atoms with Crippen LogP contribution in [0.2, 0.25) is 0 Å². The van der Waals surface area contributed by atoms with Gasteiger partial charge in [-0.15, -0.1) is 0 Å². The van der Waals surface area contributed by atoms with Gasteiger partial charge in [0.2, 0.25) is 0 Å². The van der Waals surface area contributed by atoms with Crippen LogP contribution in [0.25, 0.3) is 0 Å². The van der Waals surface area contributed by atoms with Crippen LogP contribution >= 0.6 is 0 Å². The maximum Gasteiger partial charge on any atom is 0.146 e. The molecule has 4 rings (SSSR count). The van der Waals surface area contributed by atoms with E-state index >= 15 is 0 Å². The number of ether oxygens (including phenoxy) is 1. The molecule has 0 aromatic heterocycles. The lowest BCUT2D eigenvalue weighted by Crippen LogP contribution is -2.41. The molecule has 0 spiro atoms. The number of fused-ring (bicyclic) bond motifs is 2. The maximum atomic E-state index is 14.7. The van der Waals surface area contributed by atoms with Crippen molar-refractivity contribution in [1.29, 1.82) is 0 Å². The zero-order valence-electron chi connectivity index (χ0n) is 14.6. The molecule has 0 bridgehead atoms. The molecule has 3 nitrogen and oxygen atoms in total. The van der Waals surface area contributed by atoms with E-state index in [2.05, 4.69) is 24.1 Å². The van der Waals surface area contributed by atoms with E-state index in [0.717, 1.165) is 11.1 Å². The molecule has 2 atom stereocenters. The molecule has 2 aromatic rings. The summed E-state index contributed by atoms with van der Waals surface area (Å²) >= 11 is 0. The minimum atomic E-state index is -0.301. The summed E-state index contributed by atoms with van der Waals surface area (Å²) in [6.07, 6.45) is -0.205. The third-order valence-corrected chi connectivity index (χ3v) is 5.23. The molecular formula is C20H22F2N2O. The lowest BCUT2D eigenvalue weighted by molar-refractivity contribution is 0.200. The fourth-order valence-corrected chi connectivity index (χ4v) is 4.19. The van der Waals surface area contributed by atoms with Crippen LogP contribution in [0.3, 0.4) is 0 Å². The van der Waals surface area contributed by atoms with Gasteiger partial charge in [-0.1, -0.05) is 26.0 Å². The Labute approximate surface area is 146 Å². The smallest absolute Gasteiger partial charge is 0.146 e. The first-order chi connectivity index (χ1) is 11.9. The van der Waals surface area contributed by atoms with E-state index in [9.17, 15) is 8.78 Å². The highest BCUT2D eigenvalue weighted by atomic mass is 19.1. The summed E-state index contributed by atoms with van der Waals surface area (Å²) in [6.45, 7) is 5.48. The second-order valence-electron chi connectivity index (χ2n) is 7.49. The summed E-state index contributed by atoms with van der Waals surface area (Å²) in [4.78, 5) is 2.05. The van der Waals surface area contributed by atoms with Crippen molar-refractivity contribution in [2.75, 3.05) is 25.0 Å². The van der Waals surface area contributed by atoms with Crippen LogP contribution in [0.5, 0.6) is 5.75 Å². The fraction of sp³-hybridized carbons (Fsp3) is 0.400. The summed E-state index contributed by atoms with van der Waals surface area (Å²) in [7, 11) is 1.85. The predicted molar refractivity (Wildman–Crippen MR) is 94.3 cm³/mol. The second kappa shape index (κ2) is 5.70. The minimum Gasteiger partial charge on any atom is -0.486 e. The molecule has 2 aromatic carbocycles. The maximum absolute atomic E-state index is 14.7. The molecule has 0 amide bonds. The number of anilines is 1. The van der Waals surface area contributed by atoms with Gasteiger partial charge in [0.15, 0.2) is 0 Å². The quantitative estimate of drug-likeness (QED) is 0.917. The van der Waals surface area contributed by atoms with Crippen LogP contribution in [0.4, 0.5) is 14.5 Å². The standard InChI is InChI=1S/C20H22F2N2O/c1-20(2)11-24(19-14(20)5-4-6-15(19)22)18-13-9-12(21)7-8-16(13)25-17(18)10-23-3/h4-9,17-18,23H,10-11H2,1-3H3. The summed E-state index contributed by atoms with van der Waals surface area (Å²) in [5.74, 6) is 0.134. The molecule has 2 aliphatic rings. The van der Waals surface area contributed by atoms with Gasteiger partial charge in [-0.05, 0) is 36.9 Å². The Kier molecular flexibility index (Phi) is 3.72. The molecule has 0 saturated heterocycles. The topological polar surface area (TPSA) is 24.5 Å². The van der Waals surface area contributed by atoms with Gasteiger partial charge < -0.3 is 15.0 Å². The van der Waals surface area contributed by atoms with Crippen molar-refractivity contribution in [3.05, 3.63) is 59.2 Å². The van der Waals surface area contributed by atoms with Gasteiger partial charge in [0.1, 0.15) is 23.5 Å². The van der Waals surface area contributed by atoms with E-state index in [1.165, 1.54) is 18.2 Å². The Morgan fingerprint density at radius 3 is 2.80 bits per heavy atom. The van der Waals surface area contributed by atoms with Crippen molar-refractivity contribution in [2.24, 2.45) is 0 Å². The number of nitrogens with zero attached hydrogens (tertiary/aromatic N) is 1. The van der Waals surface area contributed by atoms with Gasteiger partial charge in [-0.3, -0.25) is 0 Å². The van der Waals surface area contributed by atoms with E-state index in [4.69, 9.17) is 4.74 Å². The van der Waals surface area contributed by atoms with E-state index in [1.54, 1.807) is 12.1 Å². The third kappa shape index (κ3) is 2.49. The van der Waals surface area contributed by atoms with Crippen molar-refractivity contribution in [3.63, 3.8) is 0 Å². The average molecular weight is 344 g/mol. The number of nitrogens with one attached hydrogen (secondary N) is 1. The summed E-state index contributed by atoms with van der Waals surface area (Å²) in [5.41, 5.74) is 2.20. The molecule has 1 N–H and O–H groups in total. The van der Waals surface area contributed by atoms with Gasteiger partial charge in [0.25, 0.3) is 0 Å². The third-order valence-electron chi connectivity index (χ3n) is 5.23. The molecule has 2 aliphatic heterocycles. The van der Waals surface area contributed by atoms with E-state index in [0.29, 0.717) is 24.5 Å². The summed E-state index contributed by atoms with van der Waals surface area (Å²) < 4.78 is 34.7. The number of hydrogen-bond donors (Lipinski definition) is 1. The predicted octanol–water partition coefficient (Wildman–Crippen LogP) is 3.78. The van der Waals surface area contributed by atoms with Crippen molar-refractivity contribution in [1.82, 2.24) is 5.32 Å². The fourth-order valence-electron chi connectivity index (χ4n) is 4.19. The minimum absolute atomic E-state index is 0.183. The number of rotatable bonds is 3. The zero-order chi connectivity index (χ0) is 17.8. The highest BCUT2D eigenvalue weighted by Gasteiger charge is 2.46. The van der Waals surface area contributed by atoms with Crippen molar-refractivity contribution in [2.45, 2.75) is 31.4 Å². The lowest BCUT2D eigenvalue weighted by Gasteiger charge is -2.32. The zero-order valence-corrected chi connectivity index (χ0v) is 14.6. The number of benzene rings is 2. The van der Waals surface area contributed by atoms with Gasteiger partial charge in [0.05, 0.1) is 11.7 Å². The van der Waals surface area contributed by atoms with E-state index in [-0.39, 0.29) is 29.2 Å². The number of halogens is 2. The Balaban J connectivity index is 1.85. The summed E-state index contributed by atoms with van der Waals surface area (Å²) in [5, 5.41) is 3.13. The van der Waals surface area contributed by atoms with Crippen LogP contribution in [0.1, 0.15) is 31.0 Å². The van der Waals surface area contributed by atoms with Crippen molar-refractivity contribution < 1.29 is 13.5 Å². The second-order valence-corrected chi connectivity index (χ2v) is 7.49. The van der Waals surface area contributed by atoms with Gasteiger partial charge in [-0.25, -0.2) is 8.78 Å². The normalized spacial score (nSPS) is 23.3. The van der Waals surface area contributed by atoms with Crippen LogP contribution in [-0.2, 0) is 5.41 Å². The molecular weight excluding hydrogens is 322 g/mol. The Bertz CT molecular complexity index is 821. The average Bonchev–Trinajstić information content (AvgIpc) is 3.03. The molecule has 25 heavy (non-hydrogen) atoms. The van der Waals surface area contributed by atoms with Gasteiger partial charge >= 0.3 is 0 Å². The number of hydrogen-bond acceptors (Lipinski definition) is 3.